The first-order valence-corrected chi connectivity index (χ1v) is 9.65. The highest BCUT2D eigenvalue weighted by Gasteiger charge is 2.27. The summed E-state index contributed by atoms with van der Waals surface area (Å²) in [5, 5.41) is 2.40. The average Bonchev–Trinajstić information content (AvgIpc) is 2.62. The fraction of sp³-hybridized carbons (Fsp3) is 0.278. The van der Waals surface area contributed by atoms with Crippen molar-refractivity contribution in [2.45, 2.75) is 19.4 Å². The van der Waals surface area contributed by atoms with E-state index in [2.05, 4.69) is 5.32 Å². The van der Waals surface area contributed by atoms with Crippen LogP contribution < -0.4 is 5.32 Å². The van der Waals surface area contributed by atoms with Crippen LogP contribution in [0.1, 0.15) is 17.5 Å². The number of carbonyl (C=O) groups is 1. The molecule has 0 spiro atoms. The third-order valence-electron chi connectivity index (χ3n) is 4.22. The van der Waals surface area contributed by atoms with E-state index in [0.717, 1.165) is 11.1 Å². The van der Waals surface area contributed by atoms with Gasteiger partial charge in [-0.25, -0.2) is 12.8 Å². The van der Waals surface area contributed by atoms with Gasteiger partial charge in [-0.05, 0) is 29.7 Å². The Balaban J connectivity index is 1.59. The van der Waals surface area contributed by atoms with Gasteiger partial charge < -0.3 is 5.32 Å². The number of sulfonamides is 1. The molecule has 25 heavy (non-hydrogen) atoms. The number of hydrogen-bond acceptors (Lipinski definition) is 3. The van der Waals surface area contributed by atoms with Crippen molar-refractivity contribution in [1.29, 1.82) is 0 Å². The molecule has 0 radical (unpaired) electrons. The number of benzene rings is 2. The van der Waals surface area contributed by atoms with Crippen LogP contribution in [0.5, 0.6) is 0 Å². The standard InChI is InChI=1S/C18H19FN2O3S/c19-16-7-3-4-8-17(16)20-18(22)10-12-25(23,24)21-11-9-14-5-1-2-6-15(14)13-21/h1-8H,9-13H2,(H,20,22). The first-order chi connectivity index (χ1) is 12.0. The number of fused-ring (bicyclic) bond motifs is 1. The van der Waals surface area contributed by atoms with Crippen molar-refractivity contribution in [2.24, 2.45) is 0 Å². The normalized spacial score (nSPS) is 14.8. The van der Waals surface area contributed by atoms with E-state index in [9.17, 15) is 17.6 Å². The topological polar surface area (TPSA) is 66.5 Å². The van der Waals surface area contributed by atoms with Gasteiger partial charge in [-0.1, -0.05) is 36.4 Å². The highest BCUT2D eigenvalue weighted by molar-refractivity contribution is 7.89. The zero-order valence-electron chi connectivity index (χ0n) is 13.6. The lowest BCUT2D eigenvalue weighted by Crippen LogP contribution is -2.38. The lowest BCUT2D eigenvalue weighted by Gasteiger charge is -2.28. The van der Waals surface area contributed by atoms with Gasteiger partial charge >= 0.3 is 0 Å². The molecule has 7 heteroatoms. The van der Waals surface area contributed by atoms with Crippen LogP contribution in [0.3, 0.4) is 0 Å². The largest absolute Gasteiger partial charge is 0.324 e. The molecule has 1 N–H and O–H groups in total. The predicted octanol–water partition coefficient (Wildman–Crippen LogP) is 2.54. The highest BCUT2D eigenvalue weighted by Crippen LogP contribution is 2.21. The lowest BCUT2D eigenvalue weighted by molar-refractivity contribution is -0.115. The minimum Gasteiger partial charge on any atom is -0.324 e. The minimum atomic E-state index is -3.54. The van der Waals surface area contributed by atoms with Crippen molar-refractivity contribution in [2.75, 3.05) is 17.6 Å². The Kier molecular flexibility index (Phi) is 5.15. The van der Waals surface area contributed by atoms with Crippen molar-refractivity contribution in [3.05, 3.63) is 65.5 Å². The third-order valence-corrected chi connectivity index (χ3v) is 6.04. The molecule has 0 saturated heterocycles. The van der Waals surface area contributed by atoms with Gasteiger partial charge in [-0.15, -0.1) is 0 Å². The summed E-state index contributed by atoms with van der Waals surface area (Å²) in [7, 11) is -3.54. The Labute approximate surface area is 146 Å². The van der Waals surface area contributed by atoms with E-state index in [1.807, 2.05) is 24.3 Å². The Bertz CT molecular complexity index is 883. The number of para-hydroxylation sites is 1. The van der Waals surface area contributed by atoms with Gasteiger partial charge in [-0.3, -0.25) is 4.79 Å². The van der Waals surface area contributed by atoms with Crippen LogP contribution in [-0.2, 0) is 27.8 Å². The lowest BCUT2D eigenvalue weighted by atomic mass is 10.0. The van der Waals surface area contributed by atoms with E-state index in [1.54, 1.807) is 6.07 Å². The maximum absolute atomic E-state index is 13.5. The fourth-order valence-corrected chi connectivity index (χ4v) is 4.24. The van der Waals surface area contributed by atoms with Crippen molar-refractivity contribution < 1.29 is 17.6 Å². The van der Waals surface area contributed by atoms with Crippen molar-refractivity contribution in [3.8, 4) is 0 Å². The molecule has 0 aliphatic carbocycles. The summed E-state index contributed by atoms with van der Waals surface area (Å²) in [4.78, 5) is 11.9. The van der Waals surface area contributed by atoms with Gasteiger partial charge in [0.15, 0.2) is 0 Å². The summed E-state index contributed by atoms with van der Waals surface area (Å²) < 4.78 is 39.9. The molecular formula is C18H19FN2O3S. The molecule has 2 aromatic carbocycles. The Hall–Kier alpha value is -2.25. The maximum atomic E-state index is 13.5. The van der Waals surface area contributed by atoms with Crippen molar-refractivity contribution in [1.82, 2.24) is 4.31 Å². The molecule has 0 bridgehead atoms. The van der Waals surface area contributed by atoms with Crippen LogP contribution in [0.2, 0.25) is 0 Å². The molecule has 1 amide bonds. The second kappa shape index (κ2) is 7.33. The van der Waals surface area contributed by atoms with Crippen LogP contribution in [0.4, 0.5) is 10.1 Å². The summed E-state index contributed by atoms with van der Waals surface area (Å²) >= 11 is 0. The molecule has 1 aliphatic heterocycles. The second-order valence-corrected chi connectivity index (χ2v) is 8.03. The highest BCUT2D eigenvalue weighted by atomic mass is 32.2. The smallest absolute Gasteiger partial charge is 0.225 e. The average molecular weight is 362 g/mol. The molecule has 1 heterocycles. The summed E-state index contributed by atoms with van der Waals surface area (Å²) in [5.41, 5.74) is 2.20. The van der Waals surface area contributed by atoms with Crippen LogP contribution in [0.25, 0.3) is 0 Å². The number of nitrogens with one attached hydrogen (secondary N) is 1. The minimum absolute atomic E-state index is 0.0526. The number of nitrogens with zero attached hydrogens (tertiary/aromatic N) is 1. The monoisotopic (exact) mass is 362 g/mol. The maximum Gasteiger partial charge on any atom is 0.225 e. The molecule has 0 fully saturated rings. The molecule has 5 nitrogen and oxygen atoms in total. The van der Waals surface area contributed by atoms with Gasteiger partial charge in [0, 0.05) is 19.5 Å². The van der Waals surface area contributed by atoms with E-state index in [4.69, 9.17) is 0 Å². The van der Waals surface area contributed by atoms with Gasteiger partial charge in [0.2, 0.25) is 15.9 Å². The SMILES string of the molecule is O=C(CCS(=O)(=O)N1CCc2ccccc2C1)Nc1ccccc1F. The van der Waals surface area contributed by atoms with Gasteiger partial charge in [0.25, 0.3) is 0 Å². The number of rotatable bonds is 5. The van der Waals surface area contributed by atoms with E-state index < -0.39 is 21.7 Å². The zero-order chi connectivity index (χ0) is 17.9. The fourth-order valence-electron chi connectivity index (χ4n) is 2.83. The zero-order valence-corrected chi connectivity index (χ0v) is 14.4. The first-order valence-electron chi connectivity index (χ1n) is 8.05. The van der Waals surface area contributed by atoms with Crippen LogP contribution >= 0.6 is 0 Å². The summed E-state index contributed by atoms with van der Waals surface area (Å²) in [6.07, 6.45) is 0.450. The van der Waals surface area contributed by atoms with E-state index >= 15 is 0 Å². The number of amides is 1. The molecule has 2 aromatic rings. The molecular weight excluding hydrogens is 343 g/mol. The Morgan fingerprint density at radius 1 is 1.08 bits per heavy atom. The Morgan fingerprint density at radius 3 is 2.52 bits per heavy atom. The molecule has 0 unspecified atom stereocenters. The van der Waals surface area contributed by atoms with Gasteiger partial charge in [0.1, 0.15) is 5.82 Å². The molecule has 1 aliphatic rings. The molecule has 3 rings (SSSR count). The van der Waals surface area contributed by atoms with Crippen molar-refractivity contribution >= 4 is 21.6 Å². The van der Waals surface area contributed by atoms with Gasteiger partial charge in [0.05, 0.1) is 11.4 Å². The van der Waals surface area contributed by atoms with Gasteiger partial charge in [-0.2, -0.15) is 4.31 Å². The first kappa shape index (κ1) is 17.6. The van der Waals surface area contributed by atoms with E-state index in [0.29, 0.717) is 19.5 Å². The molecule has 132 valence electrons. The van der Waals surface area contributed by atoms with Crippen LogP contribution in [-0.4, -0.2) is 30.9 Å². The van der Waals surface area contributed by atoms with Crippen molar-refractivity contribution in [3.63, 3.8) is 0 Å². The van der Waals surface area contributed by atoms with Crippen LogP contribution in [0.15, 0.2) is 48.5 Å². The van der Waals surface area contributed by atoms with E-state index in [-0.39, 0.29) is 17.9 Å². The summed E-state index contributed by atoms with van der Waals surface area (Å²) in [6.45, 7) is 0.738. The molecule has 0 atom stereocenters. The number of carbonyl (C=O) groups excluding carboxylic acids is 1. The molecule has 0 saturated carbocycles. The molecule has 0 aromatic heterocycles. The summed E-state index contributed by atoms with van der Waals surface area (Å²) in [6, 6.07) is 13.5. The summed E-state index contributed by atoms with van der Waals surface area (Å²) in [5.74, 6) is -1.37. The number of halogens is 1. The number of anilines is 1. The van der Waals surface area contributed by atoms with Crippen LogP contribution in [0, 0.1) is 5.82 Å². The predicted molar refractivity (Wildman–Crippen MR) is 94.0 cm³/mol. The quantitative estimate of drug-likeness (QED) is 0.889. The second-order valence-electron chi connectivity index (χ2n) is 5.95. The number of hydrogen-bond donors (Lipinski definition) is 1. The Morgan fingerprint density at radius 2 is 1.76 bits per heavy atom. The van der Waals surface area contributed by atoms with E-state index in [1.165, 1.54) is 22.5 Å². The third kappa shape index (κ3) is 4.24.